The lowest BCUT2D eigenvalue weighted by molar-refractivity contribution is -0.121. The quantitative estimate of drug-likeness (QED) is 0.753. The Morgan fingerprint density at radius 1 is 1.30 bits per heavy atom. The van der Waals surface area contributed by atoms with E-state index in [1.54, 1.807) is 26.2 Å². The molecule has 1 heterocycles. The zero-order valence-electron chi connectivity index (χ0n) is 15.7. The number of hydrogen-bond acceptors (Lipinski definition) is 6. The normalized spacial score (nSPS) is 13.2. The monoisotopic (exact) mass is 414 g/mol. The highest BCUT2D eigenvalue weighted by Gasteiger charge is 2.31. The molecule has 0 bridgehead atoms. The van der Waals surface area contributed by atoms with E-state index in [1.165, 1.54) is 42.5 Å². The average molecular weight is 415 g/mol. The molecule has 0 saturated carbocycles. The van der Waals surface area contributed by atoms with Crippen LogP contribution in [-0.2, 0) is 27.0 Å². The Bertz CT molecular complexity index is 887. The molecular formula is C18H23FN2O4S2. The Morgan fingerprint density at radius 3 is 2.52 bits per heavy atom. The van der Waals surface area contributed by atoms with Gasteiger partial charge in [-0.15, -0.1) is 11.3 Å². The third kappa shape index (κ3) is 6.59. The predicted molar refractivity (Wildman–Crippen MR) is 103 cm³/mol. The minimum Gasteiger partial charge on any atom is -0.486 e. The minimum absolute atomic E-state index is 0.149. The van der Waals surface area contributed by atoms with Crippen LogP contribution in [0, 0.1) is 5.82 Å². The van der Waals surface area contributed by atoms with E-state index >= 15 is 0 Å². The van der Waals surface area contributed by atoms with Crippen LogP contribution >= 0.6 is 11.3 Å². The fraction of sp³-hybridized carbons (Fsp3) is 0.444. The van der Waals surface area contributed by atoms with Crippen LogP contribution in [0.2, 0.25) is 0 Å². The lowest BCUT2D eigenvalue weighted by Crippen LogP contribution is -2.47. The summed E-state index contributed by atoms with van der Waals surface area (Å²) in [5, 5.41) is 3.73. The summed E-state index contributed by atoms with van der Waals surface area (Å²) in [6.45, 7) is 6.89. The molecule has 9 heteroatoms. The molecule has 2 rings (SSSR count). The zero-order chi connectivity index (χ0) is 20.2. The lowest BCUT2D eigenvalue weighted by Gasteiger charge is -2.23. The van der Waals surface area contributed by atoms with Gasteiger partial charge in [-0.3, -0.25) is 4.79 Å². The molecule has 0 aliphatic rings. The minimum atomic E-state index is -3.69. The Labute approximate surface area is 162 Å². The molecule has 1 unspecified atom stereocenters. The first-order valence-electron chi connectivity index (χ1n) is 8.31. The maximum atomic E-state index is 12.9. The van der Waals surface area contributed by atoms with Gasteiger partial charge in [0.1, 0.15) is 28.4 Å². The number of carbonyl (C=O) groups excluding carboxylic acids is 1. The number of hydrogen-bond donors (Lipinski definition) is 1. The van der Waals surface area contributed by atoms with Crippen molar-refractivity contribution < 1.29 is 22.3 Å². The van der Waals surface area contributed by atoms with Gasteiger partial charge in [-0.25, -0.2) is 17.8 Å². The number of nitrogens with zero attached hydrogens (tertiary/aromatic N) is 1. The van der Waals surface area contributed by atoms with Crippen LogP contribution < -0.4 is 10.1 Å². The van der Waals surface area contributed by atoms with Crippen molar-refractivity contribution in [1.82, 2.24) is 10.3 Å². The summed E-state index contributed by atoms with van der Waals surface area (Å²) < 4.78 is 43.3. The van der Waals surface area contributed by atoms with Gasteiger partial charge in [0.05, 0.1) is 11.4 Å². The molecule has 1 N–H and O–H groups in total. The molecule has 6 nitrogen and oxygen atoms in total. The van der Waals surface area contributed by atoms with Gasteiger partial charge in [0.25, 0.3) is 0 Å². The SMILES string of the molecule is CC(C(=O)NC(C)(C)C)S(=O)(=O)Cc1csc(COc2ccc(F)cc2)n1. The summed E-state index contributed by atoms with van der Waals surface area (Å²) in [7, 11) is -3.69. The molecule has 0 aliphatic heterocycles. The second-order valence-corrected chi connectivity index (χ2v) is 10.4. The van der Waals surface area contributed by atoms with E-state index < -0.39 is 26.5 Å². The molecule has 1 atom stereocenters. The van der Waals surface area contributed by atoms with E-state index in [2.05, 4.69) is 10.3 Å². The number of halogens is 1. The summed E-state index contributed by atoms with van der Waals surface area (Å²) in [5.41, 5.74) is -0.139. The first-order valence-corrected chi connectivity index (χ1v) is 10.9. The number of sulfone groups is 1. The second kappa shape index (κ2) is 8.35. The van der Waals surface area contributed by atoms with Crippen LogP contribution in [0.5, 0.6) is 5.75 Å². The highest BCUT2D eigenvalue weighted by Crippen LogP contribution is 2.18. The Balaban J connectivity index is 1.97. The van der Waals surface area contributed by atoms with Gasteiger partial charge in [0.15, 0.2) is 9.84 Å². The highest BCUT2D eigenvalue weighted by atomic mass is 32.2. The lowest BCUT2D eigenvalue weighted by atomic mass is 10.1. The highest BCUT2D eigenvalue weighted by molar-refractivity contribution is 7.92. The van der Waals surface area contributed by atoms with Crippen molar-refractivity contribution in [3.05, 3.63) is 46.2 Å². The van der Waals surface area contributed by atoms with E-state index in [1.807, 2.05) is 0 Å². The van der Waals surface area contributed by atoms with Gasteiger partial charge in [0, 0.05) is 10.9 Å². The van der Waals surface area contributed by atoms with Crippen LogP contribution in [0.25, 0.3) is 0 Å². The number of thiazole rings is 1. The fourth-order valence-corrected chi connectivity index (χ4v) is 4.13. The molecule has 1 aromatic heterocycles. The van der Waals surface area contributed by atoms with Crippen molar-refractivity contribution in [3.8, 4) is 5.75 Å². The molecule has 1 amide bonds. The number of rotatable bonds is 7. The van der Waals surface area contributed by atoms with Crippen molar-refractivity contribution in [2.45, 2.75) is 50.8 Å². The van der Waals surface area contributed by atoms with Gasteiger partial charge in [0.2, 0.25) is 5.91 Å². The third-order valence-electron chi connectivity index (χ3n) is 3.53. The van der Waals surface area contributed by atoms with Gasteiger partial charge in [-0.2, -0.15) is 0 Å². The zero-order valence-corrected chi connectivity index (χ0v) is 17.3. The molecule has 148 valence electrons. The van der Waals surface area contributed by atoms with Crippen LogP contribution in [0.4, 0.5) is 4.39 Å². The van der Waals surface area contributed by atoms with E-state index in [9.17, 15) is 17.6 Å². The Kier molecular flexibility index (Phi) is 6.59. The summed E-state index contributed by atoms with van der Waals surface area (Å²) >= 11 is 1.27. The molecule has 0 fully saturated rings. The second-order valence-electron chi connectivity index (χ2n) is 7.16. The fourth-order valence-electron chi connectivity index (χ4n) is 2.12. The predicted octanol–water partition coefficient (Wildman–Crippen LogP) is 3.08. The first kappa shape index (κ1) is 21.3. The molecule has 0 saturated heterocycles. The summed E-state index contributed by atoms with van der Waals surface area (Å²) in [5.74, 6) is -0.710. The number of carbonyl (C=O) groups is 1. The summed E-state index contributed by atoms with van der Waals surface area (Å²) in [6, 6.07) is 5.59. The standard InChI is InChI=1S/C18H23FN2O4S2/c1-12(17(22)21-18(2,3)4)27(23,24)11-14-10-26-16(20-14)9-25-15-7-5-13(19)6-8-15/h5-8,10,12H,9,11H2,1-4H3,(H,21,22). The summed E-state index contributed by atoms with van der Waals surface area (Å²) in [4.78, 5) is 16.4. The van der Waals surface area contributed by atoms with E-state index in [0.717, 1.165) is 0 Å². The number of nitrogens with one attached hydrogen (secondary N) is 1. The van der Waals surface area contributed by atoms with E-state index in [0.29, 0.717) is 16.5 Å². The van der Waals surface area contributed by atoms with Gasteiger partial charge in [-0.1, -0.05) is 0 Å². The number of benzene rings is 1. The van der Waals surface area contributed by atoms with Crippen LogP contribution in [0.3, 0.4) is 0 Å². The molecule has 2 aromatic rings. The molecule has 0 radical (unpaired) electrons. The molecule has 1 aromatic carbocycles. The maximum absolute atomic E-state index is 12.9. The van der Waals surface area contributed by atoms with Gasteiger partial charge >= 0.3 is 0 Å². The molecular weight excluding hydrogens is 391 g/mol. The number of aromatic nitrogens is 1. The number of ether oxygens (including phenoxy) is 1. The van der Waals surface area contributed by atoms with Crippen molar-refractivity contribution >= 4 is 27.1 Å². The molecule has 27 heavy (non-hydrogen) atoms. The maximum Gasteiger partial charge on any atom is 0.238 e. The molecule has 0 aliphatic carbocycles. The van der Waals surface area contributed by atoms with E-state index in [4.69, 9.17) is 4.74 Å². The topological polar surface area (TPSA) is 85.4 Å². The largest absolute Gasteiger partial charge is 0.486 e. The van der Waals surface area contributed by atoms with Crippen LogP contribution in [-0.4, -0.2) is 30.1 Å². The Morgan fingerprint density at radius 2 is 1.93 bits per heavy atom. The molecule has 0 spiro atoms. The smallest absolute Gasteiger partial charge is 0.238 e. The van der Waals surface area contributed by atoms with Gasteiger partial charge in [-0.05, 0) is 52.0 Å². The van der Waals surface area contributed by atoms with Crippen molar-refractivity contribution in [3.63, 3.8) is 0 Å². The number of amides is 1. The van der Waals surface area contributed by atoms with E-state index in [-0.39, 0.29) is 18.2 Å². The average Bonchev–Trinajstić information content (AvgIpc) is 2.98. The van der Waals surface area contributed by atoms with Crippen molar-refractivity contribution in [2.75, 3.05) is 0 Å². The Hall–Kier alpha value is -2.00. The van der Waals surface area contributed by atoms with Crippen molar-refractivity contribution in [1.29, 1.82) is 0 Å². The van der Waals surface area contributed by atoms with Crippen LogP contribution in [0.1, 0.15) is 38.4 Å². The van der Waals surface area contributed by atoms with Gasteiger partial charge < -0.3 is 10.1 Å². The van der Waals surface area contributed by atoms with Crippen LogP contribution in [0.15, 0.2) is 29.6 Å². The third-order valence-corrected chi connectivity index (χ3v) is 6.39. The summed E-state index contributed by atoms with van der Waals surface area (Å²) in [6.07, 6.45) is 0. The van der Waals surface area contributed by atoms with Crippen molar-refractivity contribution in [2.24, 2.45) is 0 Å². The first-order chi connectivity index (χ1) is 12.5.